The van der Waals surface area contributed by atoms with Gasteiger partial charge in [0.2, 0.25) is 0 Å². The highest BCUT2D eigenvalue weighted by Crippen LogP contribution is 2.56. The van der Waals surface area contributed by atoms with Crippen LogP contribution < -0.4 is 5.32 Å². The van der Waals surface area contributed by atoms with Gasteiger partial charge < -0.3 is 10.2 Å². The molecule has 2 fully saturated rings. The molecule has 1 saturated carbocycles. The van der Waals surface area contributed by atoms with E-state index in [1.54, 1.807) is 0 Å². The van der Waals surface area contributed by atoms with Crippen molar-refractivity contribution in [3.63, 3.8) is 0 Å². The summed E-state index contributed by atoms with van der Waals surface area (Å²) in [4.78, 5) is 2.68. The molecule has 2 aliphatic rings. The van der Waals surface area contributed by atoms with Crippen molar-refractivity contribution in [3.05, 3.63) is 0 Å². The molecule has 1 N–H and O–H groups in total. The van der Waals surface area contributed by atoms with Gasteiger partial charge in [0, 0.05) is 19.1 Å². The molecular formula is C14H28N2. The van der Waals surface area contributed by atoms with Crippen molar-refractivity contribution in [1.29, 1.82) is 0 Å². The van der Waals surface area contributed by atoms with Crippen molar-refractivity contribution < 1.29 is 0 Å². The van der Waals surface area contributed by atoms with Gasteiger partial charge in [0.15, 0.2) is 0 Å². The first-order valence-electron chi connectivity index (χ1n) is 6.98. The van der Waals surface area contributed by atoms with Crippen LogP contribution in [-0.4, -0.2) is 37.1 Å². The van der Waals surface area contributed by atoms with E-state index < -0.39 is 0 Å². The van der Waals surface area contributed by atoms with Crippen LogP contribution in [0.3, 0.4) is 0 Å². The van der Waals surface area contributed by atoms with Crippen molar-refractivity contribution in [2.24, 2.45) is 17.3 Å². The molecule has 1 spiro atoms. The molecule has 16 heavy (non-hydrogen) atoms. The number of hydrogen-bond donors (Lipinski definition) is 1. The van der Waals surface area contributed by atoms with Crippen LogP contribution in [0.1, 0.15) is 40.5 Å². The van der Waals surface area contributed by atoms with E-state index in [0.717, 1.165) is 17.9 Å². The standard InChI is InChI=1S/C14H28N2/c1-11(2)7-15-8-13-9-16(12(3)4)10-14(13)5-6-14/h11-13,15H,5-10H2,1-4H3. The Labute approximate surface area is 101 Å². The summed E-state index contributed by atoms with van der Waals surface area (Å²) < 4.78 is 0. The van der Waals surface area contributed by atoms with Gasteiger partial charge >= 0.3 is 0 Å². The zero-order valence-corrected chi connectivity index (χ0v) is 11.4. The van der Waals surface area contributed by atoms with E-state index in [-0.39, 0.29) is 0 Å². The molecule has 0 radical (unpaired) electrons. The Morgan fingerprint density at radius 3 is 2.44 bits per heavy atom. The van der Waals surface area contributed by atoms with Crippen molar-refractivity contribution >= 4 is 0 Å². The number of nitrogens with one attached hydrogen (secondary N) is 1. The number of rotatable bonds is 5. The van der Waals surface area contributed by atoms with E-state index >= 15 is 0 Å². The molecule has 1 aliphatic heterocycles. The first-order chi connectivity index (χ1) is 7.53. The third-order valence-electron chi connectivity index (χ3n) is 4.40. The molecule has 0 aromatic carbocycles. The molecule has 94 valence electrons. The Hall–Kier alpha value is -0.0800. The fourth-order valence-corrected chi connectivity index (χ4v) is 3.02. The first-order valence-corrected chi connectivity index (χ1v) is 6.98. The maximum atomic E-state index is 3.66. The van der Waals surface area contributed by atoms with Crippen LogP contribution in [0.5, 0.6) is 0 Å². The molecule has 1 unspecified atom stereocenters. The maximum Gasteiger partial charge on any atom is 0.00444 e. The van der Waals surface area contributed by atoms with Crippen LogP contribution in [-0.2, 0) is 0 Å². The average molecular weight is 224 g/mol. The molecule has 2 heteroatoms. The summed E-state index contributed by atoms with van der Waals surface area (Å²) in [7, 11) is 0. The Morgan fingerprint density at radius 1 is 1.25 bits per heavy atom. The van der Waals surface area contributed by atoms with Gasteiger partial charge in [-0.15, -0.1) is 0 Å². The Kier molecular flexibility index (Phi) is 3.60. The summed E-state index contributed by atoms with van der Waals surface area (Å²) in [6.45, 7) is 14.3. The minimum absolute atomic E-state index is 0.717. The fraction of sp³-hybridized carbons (Fsp3) is 1.00. The predicted molar refractivity (Wildman–Crippen MR) is 69.6 cm³/mol. The SMILES string of the molecule is CC(C)CNCC1CN(C(C)C)CC12CC2. The van der Waals surface area contributed by atoms with Crippen LogP contribution in [0.15, 0.2) is 0 Å². The van der Waals surface area contributed by atoms with E-state index in [9.17, 15) is 0 Å². The Bertz CT molecular complexity index is 231. The second kappa shape index (κ2) is 4.66. The summed E-state index contributed by atoms with van der Waals surface area (Å²) in [5, 5.41) is 3.66. The number of nitrogens with zero attached hydrogens (tertiary/aromatic N) is 1. The lowest BCUT2D eigenvalue weighted by molar-refractivity contribution is 0.259. The lowest BCUT2D eigenvalue weighted by atomic mass is 9.93. The summed E-state index contributed by atoms with van der Waals surface area (Å²) in [5.74, 6) is 1.69. The molecule has 2 rings (SSSR count). The number of hydrogen-bond acceptors (Lipinski definition) is 2. The van der Waals surface area contributed by atoms with Crippen LogP contribution >= 0.6 is 0 Å². The van der Waals surface area contributed by atoms with Crippen molar-refractivity contribution in [2.45, 2.75) is 46.6 Å². The minimum Gasteiger partial charge on any atom is -0.316 e. The minimum atomic E-state index is 0.717. The highest BCUT2D eigenvalue weighted by Gasteiger charge is 2.54. The topological polar surface area (TPSA) is 15.3 Å². The van der Waals surface area contributed by atoms with Crippen LogP contribution in [0, 0.1) is 17.3 Å². The lowest BCUT2D eigenvalue weighted by Gasteiger charge is -2.20. The van der Waals surface area contributed by atoms with E-state index in [2.05, 4.69) is 37.9 Å². The van der Waals surface area contributed by atoms with Crippen LogP contribution in [0.25, 0.3) is 0 Å². The molecule has 0 aromatic rings. The second-order valence-electron chi connectivity index (χ2n) is 6.63. The summed E-state index contributed by atoms with van der Waals surface area (Å²) in [6.07, 6.45) is 2.95. The largest absolute Gasteiger partial charge is 0.316 e. The zero-order chi connectivity index (χ0) is 11.8. The monoisotopic (exact) mass is 224 g/mol. The van der Waals surface area contributed by atoms with Gasteiger partial charge in [0.1, 0.15) is 0 Å². The van der Waals surface area contributed by atoms with Crippen LogP contribution in [0.2, 0.25) is 0 Å². The van der Waals surface area contributed by atoms with Gasteiger partial charge in [-0.05, 0) is 57.0 Å². The summed E-state index contributed by atoms with van der Waals surface area (Å²) in [6, 6.07) is 0.729. The molecule has 1 aliphatic carbocycles. The molecule has 0 aromatic heterocycles. The van der Waals surface area contributed by atoms with Gasteiger partial charge in [0.05, 0.1) is 0 Å². The van der Waals surface area contributed by atoms with E-state index in [0.29, 0.717) is 5.41 Å². The van der Waals surface area contributed by atoms with Crippen molar-refractivity contribution in [3.8, 4) is 0 Å². The average Bonchev–Trinajstić information content (AvgIpc) is 2.84. The van der Waals surface area contributed by atoms with Gasteiger partial charge in [-0.1, -0.05) is 13.8 Å². The second-order valence-corrected chi connectivity index (χ2v) is 6.63. The Balaban J connectivity index is 1.81. The van der Waals surface area contributed by atoms with E-state index in [4.69, 9.17) is 0 Å². The van der Waals surface area contributed by atoms with Gasteiger partial charge in [-0.2, -0.15) is 0 Å². The number of likely N-dealkylation sites (tertiary alicyclic amines) is 1. The zero-order valence-electron chi connectivity index (χ0n) is 11.4. The van der Waals surface area contributed by atoms with E-state index in [1.807, 2.05) is 0 Å². The molecule has 1 atom stereocenters. The van der Waals surface area contributed by atoms with Gasteiger partial charge in [-0.3, -0.25) is 0 Å². The smallest absolute Gasteiger partial charge is 0.00444 e. The normalized spacial score (nSPS) is 28.5. The highest BCUT2D eigenvalue weighted by atomic mass is 15.2. The molecular weight excluding hydrogens is 196 g/mol. The molecule has 0 bridgehead atoms. The molecule has 1 saturated heterocycles. The fourth-order valence-electron chi connectivity index (χ4n) is 3.02. The Morgan fingerprint density at radius 2 is 1.94 bits per heavy atom. The van der Waals surface area contributed by atoms with E-state index in [1.165, 1.54) is 39.0 Å². The highest BCUT2D eigenvalue weighted by molar-refractivity contribution is 5.06. The summed E-state index contributed by atoms with van der Waals surface area (Å²) >= 11 is 0. The van der Waals surface area contributed by atoms with Crippen molar-refractivity contribution in [2.75, 3.05) is 26.2 Å². The van der Waals surface area contributed by atoms with Gasteiger partial charge in [-0.25, -0.2) is 0 Å². The van der Waals surface area contributed by atoms with Crippen molar-refractivity contribution in [1.82, 2.24) is 10.2 Å². The third kappa shape index (κ3) is 2.60. The predicted octanol–water partition coefficient (Wildman–Crippen LogP) is 2.35. The molecule has 2 nitrogen and oxygen atoms in total. The maximum absolute atomic E-state index is 3.66. The van der Waals surface area contributed by atoms with Gasteiger partial charge in [0.25, 0.3) is 0 Å². The third-order valence-corrected chi connectivity index (χ3v) is 4.40. The quantitative estimate of drug-likeness (QED) is 0.771. The molecule has 1 heterocycles. The lowest BCUT2D eigenvalue weighted by Crippen LogP contribution is -2.32. The first kappa shape index (κ1) is 12.4. The molecule has 0 amide bonds. The van der Waals surface area contributed by atoms with Crippen LogP contribution in [0.4, 0.5) is 0 Å². The summed E-state index contributed by atoms with van der Waals surface area (Å²) in [5.41, 5.74) is 0.717.